The third-order valence-electron chi connectivity index (χ3n) is 4.32. The molecular weight excluding hydrogens is 343 g/mol. The molecule has 3 nitrogen and oxygen atoms in total. The molecule has 24 heavy (non-hydrogen) atoms. The van der Waals surface area contributed by atoms with Crippen molar-refractivity contribution in [2.75, 3.05) is 19.7 Å². The summed E-state index contributed by atoms with van der Waals surface area (Å²) in [4.78, 5) is 2.29. The summed E-state index contributed by atoms with van der Waals surface area (Å²) < 4.78 is 5.83. The van der Waals surface area contributed by atoms with Crippen LogP contribution in [0.3, 0.4) is 0 Å². The van der Waals surface area contributed by atoms with Gasteiger partial charge in [0.25, 0.3) is 0 Å². The fourth-order valence-electron chi connectivity index (χ4n) is 2.98. The van der Waals surface area contributed by atoms with Crippen LogP contribution in [0.4, 0.5) is 0 Å². The van der Waals surface area contributed by atoms with Gasteiger partial charge in [-0.25, -0.2) is 0 Å². The Balaban J connectivity index is 1.63. The standard InChI is InChI=1S/C19H18Cl2N2O/c20-16-6-7-17(21)18(10-16)24-14-19(12-22)8-9-23(13-19)11-15-4-2-1-3-5-15/h1-7,10H,8-9,11,13-14H2/t19-/m1/s1. The summed E-state index contributed by atoms with van der Waals surface area (Å²) in [5.41, 5.74) is 0.741. The van der Waals surface area contributed by atoms with Gasteiger partial charge in [0.2, 0.25) is 0 Å². The average molecular weight is 361 g/mol. The fraction of sp³-hybridized carbons (Fsp3) is 0.316. The number of hydrogen-bond donors (Lipinski definition) is 0. The van der Waals surface area contributed by atoms with Gasteiger partial charge in [-0.2, -0.15) is 5.26 Å². The molecule has 1 atom stereocenters. The molecule has 0 amide bonds. The molecule has 1 fully saturated rings. The van der Waals surface area contributed by atoms with E-state index in [1.54, 1.807) is 18.2 Å². The van der Waals surface area contributed by atoms with E-state index in [0.717, 1.165) is 19.5 Å². The molecule has 2 aromatic carbocycles. The molecule has 1 heterocycles. The van der Waals surface area contributed by atoms with Crippen LogP contribution < -0.4 is 4.74 Å². The Bertz CT molecular complexity index is 745. The summed E-state index contributed by atoms with van der Waals surface area (Å²) in [5.74, 6) is 0.528. The van der Waals surface area contributed by atoms with Crippen LogP contribution in [-0.4, -0.2) is 24.6 Å². The maximum absolute atomic E-state index is 9.69. The van der Waals surface area contributed by atoms with Crippen molar-refractivity contribution in [1.29, 1.82) is 5.26 Å². The third-order valence-corrected chi connectivity index (χ3v) is 4.86. The van der Waals surface area contributed by atoms with E-state index < -0.39 is 5.41 Å². The lowest BCUT2D eigenvalue weighted by Crippen LogP contribution is -2.31. The van der Waals surface area contributed by atoms with Gasteiger partial charge in [-0.3, -0.25) is 4.90 Å². The Morgan fingerprint density at radius 3 is 2.71 bits per heavy atom. The van der Waals surface area contributed by atoms with E-state index in [0.29, 0.717) is 28.9 Å². The molecule has 124 valence electrons. The molecule has 5 heteroatoms. The minimum atomic E-state index is -0.513. The first-order chi connectivity index (χ1) is 11.6. The molecule has 1 saturated heterocycles. The van der Waals surface area contributed by atoms with E-state index in [9.17, 15) is 5.26 Å². The van der Waals surface area contributed by atoms with E-state index in [-0.39, 0.29) is 0 Å². The topological polar surface area (TPSA) is 36.3 Å². The molecule has 0 saturated carbocycles. The highest BCUT2D eigenvalue weighted by atomic mass is 35.5. The Morgan fingerprint density at radius 1 is 1.17 bits per heavy atom. The number of rotatable bonds is 5. The van der Waals surface area contributed by atoms with E-state index in [4.69, 9.17) is 27.9 Å². The minimum Gasteiger partial charge on any atom is -0.490 e. The zero-order chi connectivity index (χ0) is 17.0. The van der Waals surface area contributed by atoms with Crippen LogP contribution in [0.2, 0.25) is 10.0 Å². The van der Waals surface area contributed by atoms with Crippen LogP contribution >= 0.6 is 23.2 Å². The third kappa shape index (κ3) is 4.02. The molecule has 3 rings (SSSR count). The Labute approximate surface area is 152 Å². The van der Waals surface area contributed by atoms with Gasteiger partial charge >= 0.3 is 0 Å². The molecule has 1 aliphatic heterocycles. The number of nitrogens with zero attached hydrogens (tertiary/aromatic N) is 2. The molecule has 0 unspecified atom stereocenters. The van der Waals surface area contributed by atoms with Crippen molar-refractivity contribution in [2.24, 2.45) is 5.41 Å². The average Bonchev–Trinajstić information content (AvgIpc) is 3.00. The van der Waals surface area contributed by atoms with Gasteiger partial charge in [-0.15, -0.1) is 0 Å². The number of halogens is 2. The monoisotopic (exact) mass is 360 g/mol. The van der Waals surface area contributed by atoms with Crippen molar-refractivity contribution < 1.29 is 4.74 Å². The van der Waals surface area contributed by atoms with Crippen LogP contribution in [0, 0.1) is 16.7 Å². The van der Waals surface area contributed by atoms with Crippen molar-refractivity contribution in [1.82, 2.24) is 4.90 Å². The van der Waals surface area contributed by atoms with Crippen LogP contribution in [0.15, 0.2) is 48.5 Å². The zero-order valence-electron chi connectivity index (χ0n) is 13.2. The summed E-state index contributed by atoms with van der Waals surface area (Å²) >= 11 is 12.1. The molecule has 0 N–H and O–H groups in total. The predicted molar refractivity (Wildman–Crippen MR) is 96.3 cm³/mol. The highest BCUT2D eigenvalue weighted by Crippen LogP contribution is 2.34. The van der Waals surface area contributed by atoms with Crippen LogP contribution in [0.1, 0.15) is 12.0 Å². The van der Waals surface area contributed by atoms with Crippen molar-refractivity contribution >= 4 is 23.2 Å². The van der Waals surface area contributed by atoms with Gasteiger partial charge in [-0.05, 0) is 24.1 Å². The minimum absolute atomic E-state index is 0.314. The van der Waals surface area contributed by atoms with Crippen LogP contribution in [0.25, 0.3) is 0 Å². The normalized spacial score (nSPS) is 20.7. The van der Waals surface area contributed by atoms with E-state index in [1.807, 2.05) is 18.2 Å². The molecule has 2 aromatic rings. The highest BCUT2D eigenvalue weighted by Gasteiger charge is 2.39. The maximum atomic E-state index is 9.69. The second-order valence-electron chi connectivity index (χ2n) is 6.20. The lowest BCUT2D eigenvalue weighted by Gasteiger charge is -2.22. The van der Waals surface area contributed by atoms with E-state index >= 15 is 0 Å². The molecule has 0 radical (unpaired) electrons. The van der Waals surface area contributed by atoms with Gasteiger partial charge in [0.05, 0.1) is 11.1 Å². The molecule has 0 aromatic heterocycles. The van der Waals surface area contributed by atoms with Gasteiger partial charge in [0, 0.05) is 30.7 Å². The first-order valence-electron chi connectivity index (χ1n) is 7.86. The fourth-order valence-corrected chi connectivity index (χ4v) is 3.31. The number of hydrogen-bond acceptors (Lipinski definition) is 3. The lowest BCUT2D eigenvalue weighted by atomic mass is 9.90. The van der Waals surface area contributed by atoms with E-state index in [1.165, 1.54) is 5.56 Å². The SMILES string of the molecule is N#C[C@]1(COc2cc(Cl)ccc2Cl)CCN(Cc2ccccc2)C1. The predicted octanol–water partition coefficient (Wildman–Crippen LogP) is 4.79. The molecule has 1 aliphatic rings. The first kappa shape index (κ1) is 17.1. The van der Waals surface area contributed by atoms with Crippen molar-refractivity contribution in [3.8, 4) is 11.8 Å². The van der Waals surface area contributed by atoms with Gasteiger partial charge < -0.3 is 4.74 Å². The van der Waals surface area contributed by atoms with Gasteiger partial charge in [0.15, 0.2) is 0 Å². The zero-order valence-corrected chi connectivity index (χ0v) is 14.7. The second-order valence-corrected chi connectivity index (χ2v) is 7.05. The first-order valence-corrected chi connectivity index (χ1v) is 8.61. The number of likely N-dealkylation sites (tertiary alicyclic amines) is 1. The molecule has 0 bridgehead atoms. The highest BCUT2D eigenvalue weighted by molar-refractivity contribution is 6.34. The smallest absolute Gasteiger partial charge is 0.139 e. The summed E-state index contributed by atoms with van der Waals surface area (Å²) in [5, 5.41) is 10.8. The second kappa shape index (κ2) is 7.44. The number of nitriles is 1. The van der Waals surface area contributed by atoms with Gasteiger partial charge in [0.1, 0.15) is 17.8 Å². The molecule has 0 spiro atoms. The molecular formula is C19H18Cl2N2O. The number of ether oxygens (including phenoxy) is 1. The quantitative estimate of drug-likeness (QED) is 0.768. The Hall–Kier alpha value is -1.73. The van der Waals surface area contributed by atoms with Crippen molar-refractivity contribution in [3.63, 3.8) is 0 Å². The van der Waals surface area contributed by atoms with Gasteiger partial charge in [-0.1, -0.05) is 53.5 Å². The summed E-state index contributed by atoms with van der Waals surface area (Å²) in [6.45, 7) is 2.74. The molecule has 0 aliphatic carbocycles. The Morgan fingerprint density at radius 2 is 1.96 bits per heavy atom. The summed E-state index contributed by atoms with van der Waals surface area (Å²) in [7, 11) is 0. The summed E-state index contributed by atoms with van der Waals surface area (Å²) in [6.07, 6.45) is 0.786. The lowest BCUT2D eigenvalue weighted by molar-refractivity contribution is 0.192. The maximum Gasteiger partial charge on any atom is 0.139 e. The summed E-state index contributed by atoms with van der Waals surface area (Å²) in [6, 6.07) is 17.9. The van der Waals surface area contributed by atoms with Crippen LogP contribution in [-0.2, 0) is 6.54 Å². The number of benzene rings is 2. The van der Waals surface area contributed by atoms with Crippen molar-refractivity contribution in [2.45, 2.75) is 13.0 Å². The van der Waals surface area contributed by atoms with Crippen LogP contribution in [0.5, 0.6) is 5.75 Å². The van der Waals surface area contributed by atoms with Crippen molar-refractivity contribution in [3.05, 3.63) is 64.1 Å². The van der Waals surface area contributed by atoms with E-state index in [2.05, 4.69) is 23.1 Å². The largest absolute Gasteiger partial charge is 0.490 e. The Kier molecular flexibility index (Phi) is 5.30.